The van der Waals surface area contributed by atoms with Crippen LogP contribution in [0.2, 0.25) is 0 Å². The Balaban J connectivity index is 1.25. The van der Waals surface area contributed by atoms with E-state index in [9.17, 15) is 23.6 Å². The van der Waals surface area contributed by atoms with Gasteiger partial charge in [-0.2, -0.15) is 0 Å². The number of aromatic nitrogens is 1. The number of β-lactam (4-membered cyclic amide) rings is 1. The molecule has 16 heteroatoms. The highest BCUT2D eigenvalue weighted by Gasteiger charge is 2.55. The summed E-state index contributed by atoms with van der Waals surface area (Å²) in [6, 6.07) is 22.8. The van der Waals surface area contributed by atoms with Crippen molar-refractivity contribution in [2.24, 2.45) is 5.16 Å². The molecule has 0 radical (unpaired) electrons. The molecule has 4 aromatic rings. The molecule has 2 amide bonds. The Morgan fingerprint density at radius 3 is 2.33 bits per heavy atom. The fourth-order valence-electron chi connectivity index (χ4n) is 5.59. The first-order chi connectivity index (χ1) is 25.9. The van der Waals surface area contributed by atoms with Crippen molar-refractivity contribution >= 4 is 57.7 Å². The van der Waals surface area contributed by atoms with Gasteiger partial charge in [0.1, 0.15) is 46.6 Å². The van der Waals surface area contributed by atoms with Crippen LogP contribution in [0.25, 0.3) is 0 Å². The summed E-state index contributed by atoms with van der Waals surface area (Å²) in [5.74, 6) is -2.98. The average Bonchev–Trinajstić information content (AvgIpc) is 3.58. The highest BCUT2D eigenvalue weighted by molar-refractivity contribution is 8.00. The van der Waals surface area contributed by atoms with Crippen molar-refractivity contribution in [1.82, 2.24) is 15.2 Å². The topological polar surface area (TPSA) is 172 Å². The number of halogens is 1. The summed E-state index contributed by atoms with van der Waals surface area (Å²) < 4.78 is 31.2. The molecule has 0 spiro atoms. The maximum absolute atomic E-state index is 14.3. The second-order valence-electron chi connectivity index (χ2n) is 13.0. The number of hydrogen-bond acceptors (Lipinski definition) is 13. The maximum atomic E-state index is 14.3. The van der Waals surface area contributed by atoms with Crippen LogP contribution in [-0.4, -0.2) is 75.3 Å². The average molecular weight is 774 g/mol. The first-order valence-corrected chi connectivity index (χ1v) is 18.6. The van der Waals surface area contributed by atoms with E-state index >= 15 is 0 Å². The van der Waals surface area contributed by atoms with Crippen LogP contribution in [0.15, 0.2) is 107 Å². The Morgan fingerprint density at radius 1 is 1.04 bits per heavy atom. The Bertz CT molecular complexity index is 2050. The first kappa shape index (κ1) is 38.0. The number of esters is 2. The van der Waals surface area contributed by atoms with Gasteiger partial charge in [-0.25, -0.2) is 19.0 Å². The van der Waals surface area contributed by atoms with Gasteiger partial charge < -0.3 is 30.1 Å². The summed E-state index contributed by atoms with van der Waals surface area (Å²) in [5.41, 5.74) is 6.59. The van der Waals surface area contributed by atoms with E-state index in [2.05, 4.69) is 15.5 Å². The lowest BCUT2D eigenvalue weighted by Gasteiger charge is -2.49. The van der Waals surface area contributed by atoms with E-state index in [1.807, 2.05) is 60.7 Å². The van der Waals surface area contributed by atoms with Gasteiger partial charge in [0.2, 0.25) is 6.61 Å². The Hall–Kier alpha value is -5.74. The summed E-state index contributed by atoms with van der Waals surface area (Å²) in [6.07, 6.45) is -0.817. The number of ether oxygens (including phenoxy) is 3. The van der Waals surface area contributed by atoms with Gasteiger partial charge in [0.05, 0.1) is 0 Å². The quantitative estimate of drug-likeness (QED) is 0.0812. The van der Waals surface area contributed by atoms with Crippen molar-refractivity contribution in [2.75, 3.05) is 24.7 Å². The highest BCUT2D eigenvalue weighted by Crippen LogP contribution is 2.42. The van der Waals surface area contributed by atoms with Gasteiger partial charge in [0.25, 0.3) is 11.8 Å². The van der Waals surface area contributed by atoms with E-state index in [-0.39, 0.29) is 40.3 Å². The van der Waals surface area contributed by atoms with Crippen LogP contribution in [0, 0.1) is 5.82 Å². The number of thiazole rings is 1. The van der Waals surface area contributed by atoms with Crippen molar-refractivity contribution < 1.29 is 42.6 Å². The minimum atomic E-state index is -1.10. The molecule has 54 heavy (non-hydrogen) atoms. The van der Waals surface area contributed by atoms with Gasteiger partial charge in [-0.05, 0) is 44.0 Å². The predicted molar refractivity (Wildman–Crippen MR) is 200 cm³/mol. The van der Waals surface area contributed by atoms with E-state index < -0.39 is 59.3 Å². The van der Waals surface area contributed by atoms with Gasteiger partial charge in [-0.3, -0.25) is 14.5 Å². The number of rotatable bonds is 13. The highest BCUT2D eigenvalue weighted by atomic mass is 32.2. The number of carbonyl (C=O) groups is 4. The van der Waals surface area contributed by atoms with Gasteiger partial charge in [0, 0.05) is 22.8 Å². The summed E-state index contributed by atoms with van der Waals surface area (Å²) >= 11 is 2.34. The second-order valence-corrected chi connectivity index (χ2v) is 15.0. The molecule has 0 saturated carbocycles. The largest absolute Gasteiger partial charge is 0.489 e. The van der Waals surface area contributed by atoms with Gasteiger partial charge >= 0.3 is 11.9 Å². The monoisotopic (exact) mass is 773 g/mol. The molecule has 1 unspecified atom stereocenters. The standard InChI is InChI=1S/C38H36FN5O8S2/c1-38(2,3)52-28(45)19-50-43-29(27-21-54-37(40)41-27)33(46)42-30-34(47)44-31(24(20-53-35(30)44)18-49-26-16-10-15-25(39)17-26)36(48)51-32(22-11-6-4-7-12-22)23-13-8-5-9-14-23/h4-17,21,30,32,35H,18-20H2,1-3H3,(H2,40,41)(H,42,46)/t30?,35-/m0/s1. The van der Waals surface area contributed by atoms with Crippen LogP contribution in [0.3, 0.4) is 0 Å². The van der Waals surface area contributed by atoms with E-state index in [1.54, 1.807) is 26.8 Å². The zero-order valence-corrected chi connectivity index (χ0v) is 31.0. The zero-order valence-electron chi connectivity index (χ0n) is 29.4. The SMILES string of the molecule is CC(C)(C)OC(=O)CON=C(C(=O)NC1C(=O)N2C(C(=O)OC(c3ccccc3)c3ccccc3)=C(COc3cccc(F)c3)CS[C@@H]12)c1csc(N)n1. The molecule has 6 rings (SSSR count). The molecule has 3 heterocycles. The summed E-state index contributed by atoms with van der Waals surface area (Å²) in [7, 11) is 0. The Morgan fingerprint density at radius 2 is 1.72 bits per heavy atom. The smallest absolute Gasteiger partial charge is 0.356 e. The molecule has 2 aliphatic heterocycles. The van der Waals surface area contributed by atoms with Gasteiger partial charge in [-0.1, -0.05) is 71.9 Å². The normalized spacial score (nSPS) is 17.0. The molecule has 3 aromatic carbocycles. The molecule has 3 N–H and O–H groups in total. The number of nitrogens with one attached hydrogen (secondary N) is 1. The van der Waals surface area contributed by atoms with E-state index in [1.165, 1.54) is 40.2 Å². The van der Waals surface area contributed by atoms with Crippen molar-refractivity contribution in [3.63, 3.8) is 0 Å². The number of nitrogens with two attached hydrogens (primary N) is 1. The number of nitrogens with zero attached hydrogens (tertiary/aromatic N) is 3. The van der Waals surface area contributed by atoms with E-state index in [0.717, 1.165) is 11.3 Å². The summed E-state index contributed by atoms with van der Waals surface area (Å²) in [5, 5.41) is 7.44. The molecule has 2 aliphatic rings. The van der Waals surface area contributed by atoms with Crippen LogP contribution >= 0.6 is 23.1 Å². The Kier molecular flexibility index (Phi) is 11.6. The Labute approximate surface area is 318 Å². The molecule has 280 valence electrons. The first-order valence-electron chi connectivity index (χ1n) is 16.7. The molecule has 1 fully saturated rings. The van der Waals surface area contributed by atoms with Crippen molar-refractivity contribution in [3.05, 3.63) is 124 Å². The fourth-order valence-corrected chi connectivity index (χ4v) is 7.46. The van der Waals surface area contributed by atoms with Crippen molar-refractivity contribution in [1.29, 1.82) is 0 Å². The minimum absolute atomic E-state index is 0.0376. The van der Waals surface area contributed by atoms with E-state index in [0.29, 0.717) is 16.7 Å². The minimum Gasteiger partial charge on any atom is -0.489 e. The van der Waals surface area contributed by atoms with Gasteiger partial charge in [0.15, 0.2) is 16.9 Å². The molecule has 2 atom stereocenters. The number of nitrogen functional groups attached to an aromatic ring is 1. The van der Waals surface area contributed by atoms with Gasteiger partial charge in [-0.15, -0.1) is 23.1 Å². The molecular weight excluding hydrogens is 738 g/mol. The lowest BCUT2D eigenvalue weighted by molar-refractivity contribution is -0.160. The van der Waals surface area contributed by atoms with Crippen LogP contribution in [-0.2, 0) is 33.5 Å². The third-order valence-electron chi connectivity index (χ3n) is 7.90. The number of oxime groups is 1. The van der Waals surface area contributed by atoms with E-state index in [4.69, 9.17) is 24.8 Å². The molecule has 0 bridgehead atoms. The van der Waals surface area contributed by atoms with Crippen LogP contribution in [0.5, 0.6) is 5.75 Å². The third kappa shape index (κ3) is 9.06. The second kappa shape index (κ2) is 16.5. The molecule has 0 aliphatic carbocycles. The third-order valence-corrected chi connectivity index (χ3v) is 9.92. The lowest BCUT2D eigenvalue weighted by Crippen LogP contribution is -2.71. The number of carbonyl (C=O) groups excluding carboxylic acids is 4. The molecule has 1 saturated heterocycles. The number of thioether (sulfide) groups is 1. The number of fused-ring (bicyclic) bond motifs is 1. The number of anilines is 1. The van der Waals surface area contributed by atoms with Crippen LogP contribution in [0.1, 0.15) is 43.7 Å². The van der Waals surface area contributed by atoms with Crippen molar-refractivity contribution in [3.8, 4) is 5.75 Å². The summed E-state index contributed by atoms with van der Waals surface area (Å²) in [6.45, 7) is 4.34. The number of benzene rings is 3. The van der Waals surface area contributed by atoms with Crippen molar-refractivity contribution in [2.45, 2.75) is 43.9 Å². The lowest BCUT2D eigenvalue weighted by atomic mass is 10.0. The molecular formula is C38H36FN5O8S2. The fraction of sp³-hybridized carbons (Fsp3) is 0.263. The van der Waals surface area contributed by atoms with Crippen LogP contribution in [0.4, 0.5) is 9.52 Å². The number of hydrogen-bond donors (Lipinski definition) is 2. The molecule has 1 aromatic heterocycles. The zero-order chi connectivity index (χ0) is 38.4. The maximum Gasteiger partial charge on any atom is 0.356 e. The van der Waals surface area contributed by atoms with Crippen LogP contribution < -0.4 is 15.8 Å². The summed E-state index contributed by atoms with van der Waals surface area (Å²) in [4.78, 5) is 64.6. The number of amides is 2. The molecule has 13 nitrogen and oxygen atoms in total. The predicted octanol–water partition coefficient (Wildman–Crippen LogP) is 4.99.